The van der Waals surface area contributed by atoms with Crippen molar-refractivity contribution in [2.24, 2.45) is 0 Å². The van der Waals surface area contributed by atoms with Crippen LogP contribution in [0.25, 0.3) is 0 Å². The van der Waals surface area contributed by atoms with Crippen LogP contribution in [-0.2, 0) is 16.0 Å². The number of anilines is 1. The van der Waals surface area contributed by atoms with Crippen molar-refractivity contribution in [3.8, 4) is 0 Å². The number of aromatic nitrogens is 2. The van der Waals surface area contributed by atoms with E-state index in [-0.39, 0.29) is 11.7 Å². The summed E-state index contributed by atoms with van der Waals surface area (Å²) in [5.41, 5.74) is 0.298. The fraction of sp³-hybridized carbons (Fsp3) is 0.235. The minimum absolute atomic E-state index is 0.0925. The molecule has 1 saturated carbocycles. The standard InChI is InChI=1S/C17H14FN3OS3/c18-12-5-3-11(4-6-12)17(7-8-17)14(22)19-15-20-21-16(25-15)24-10-13-2-1-9-23-13/h1-6,9H,7-8,10H2,(H,19,20,22). The van der Waals surface area contributed by atoms with E-state index in [1.807, 2.05) is 11.4 Å². The molecule has 128 valence electrons. The Labute approximate surface area is 156 Å². The zero-order chi connectivity index (χ0) is 17.3. The number of halogens is 1. The molecule has 0 radical (unpaired) electrons. The van der Waals surface area contributed by atoms with Gasteiger partial charge in [-0.1, -0.05) is 41.3 Å². The number of hydrogen-bond acceptors (Lipinski definition) is 6. The predicted octanol–water partition coefficient (Wildman–Crippen LogP) is 4.70. The summed E-state index contributed by atoms with van der Waals surface area (Å²) in [5.74, 6) is 0.460. The summed E-state index contributed by atoms with van der Waals surface area (Å²) in [4.78, 5) is 13.9. The van der Waals surface area contributed by atoms with Crippen LogP contribution in [0.3, 0.4) is 0 Å². The number of nitrogens with zero attached hydrogens (tertiary/aromatic N) is 2. The van der Waals surface area contributed by atoms with Crippen molar-refractivity contribution in [2.75, 3.05) is 5.32 Å². The Morgan fingerprint density at radius 2 is 2.04 bits per heavy atom. The smallest absolute Gasteiger partial charge is 0.236 e. The van der Waals surface area contributed by atoms with Gasteiger partial charge >= 0.3 is 0 Å². The molecule has 1 aliphatic carbocycles. The van der Waals surface area contributed by atoms with Crippen LogP contribution in [-0.4, -0.2) is 16.1 Å². The van der Waals surface area contributed by atoms with Gasteiger partial charge in [0.25, 0.3) is 0 Å². The average Bonchev–Trinajstić information content (AvgIpc) is 3.04. The van der Waals surface area contributed by atoms with E-state index in [4.69, 9.17) is 0 Å². The first-order chi connectivity index (χ1) is 12.2. The maximum absolute atomic E-state index is 13.1. The Balaban J connectivity index is 1.40. The Morgan fingerprint density at radius 3 is 2.72 bits per heavy atom. The zero-order valence-electron chi connectivity index (χ0n) is 13.1. The first-order valence-electron chi connectivity index (χ1n) is 7.72. The highest BCUT2D eigenvalue weighted by Crippen LogP contribution is 2.49. The Morgan fingerprint density at radius 1 is 1.24 bits per heavy atom. The van der Waals surface area contributed by atoms with Crippen molar-refractivity contribution in [2.45, 2.75) is 28.3 Å². The summed E-state index contributed by atoms with van der Waals surface area (Å²) in [5, 5.41) is 13.6. The molecule has 1 aromatic carbocycles. The van der Waals surface area contributed by atoms with E-state index in [1.165, 1.54) is 28.3 Å². The van der Waals surface area contributed by atoms with Crippen LogP contribution in [0.2, 0.25) is 0 Å². The van der Waals surface area contributed by atoms with Crippen LogP contribution in [0.1, 0.15) is 23.3 Å². The van der Waals surface area contributed by atoms with Gasteiger partial charge in [-0.2, -0.15) is 0 Å². The second-order valence-corrected chi connectivity index (χ2v) is 9.02. The number of nitrogens with one attached hydrogen (secondary N) is 1. The molecule has 0 unspecified atom stereocenters. The number of benzene rings is 1. The predicted molar refractivity (Wildman–Crippen MR) is 99.7 cm³/mol. The Hall–Kier alpha value is -1.77. The third-order valence-corrected chi connectivity index (χ3v) is 7.21. The van der Waals surface area contributed by atoms with Crippen molar-refractivity contribution in [1.82, 2.24) is 10.2 Å². The molecule has 2 heterocycles. The van der Waals surface area contributed by atoms with Crippen LogP contribution in [0.15, 0.2) is 46.1 Å². The minimum Gasteiger partial charge on any atom is -0.300 e. The van der Waals surface area contributed by atoms with E-state index in [2.05, 4.69) is 21.6 Å². The summed E-state index contributed by atoms with van der Waals surface area (Å²) >= 11 is 4.70. The zero-order valence-corrected chi connectivity index (χ0v) is 15.5. The molecule has 1 aliphatic rings. The van der Waals surface area contributed by atoms with Gasteiger partial charge in [0, 0.05) is 10.6 Å². The van der Waals surface area contributed by atoms with Gasteiger partial charge < -0.3 is 0 Å². The van der Waals surface area contributed by atoms with E-state index in [1.54, 1.807) is 35.2 Å². The molecular weight excluding hydrogens is 377 g/mol. The van der Waals surface area contributed by atoms with Crippen LogP contribution < -0.4 is 5.32 Å². The van der Waals surface area contributed by atoms with Gasteiger partial charge in [-0.25, -0.2) is 4.39 Å². The Bertz CT molecular complexity index is 873. The van der Waals surface area contributed by atoms with Crippen molar-refractivity contribution >= 4 is 45.5 Å². The number of hydrogen-bond donors (Lipinski definition) is 1. The molecule has 0 saturated heterocycles. The van der Waals surface area contributed by atoms with Crippen LogP contribution in [0, 0.1) is 5.82 Å². The number of thioether (sulfide) groups is 1. The van der Waals surface area contributed by atoms with E-state index in [9.17, 15) is 9.18 Å². The van der Waals surface area contributed by atoms with Gasteiger partial charge in [-0.15, -0.1) is 21.5 Å². The lowest BCUT2D eigenvalue weighted by Crippen LogP contribution is -2.27. The SMILES string of the molecule is O=C(Nc1nnc(SCc2cccs2)s1)C1(c2ccc(F)cc2)CC1. The summed E-state index contributed by atoms with van der Waals surface area (Å²) in [6.45, 7) is 0. The van der Waals surface area contributed by atoms with Crippen molar-refractivity contribution in [3.05, 3.63) is 58.0 Å². The van der Waals surface area contributed by atoms with Crippen LogP contribution in [0.5, 0.6) is 0 Å². The lowest BCUT2D eigenvalue weighted by atomic mass is 9.95. The van der Waals surface area contributed by atoms with Gasteiger partial charge in [0.15, 0.2) is 4.34 Å². The molecule has 25 heavy (non-hydrogen) atoms. The molecule has 1 N–H and O–H groups in total. The molecular formula is C17H14FN3OS3. The Kier molecular flexibility index (Phi) is 4.58. The maximum Gasteiger partial charge on any atom is 0.236 e. The molecule has 0 atom stereocenters. The number of amides is 1. The third-order valence-electron chi connectivity index (χ3n) is 4.13. The highest BCUT2D eigenvalue weighted by molar-refractivity contribution is 8.00. The third kappa shape index (κ3) is 3.61. The van der Waals surface area contributed by atoms with E-state index < -0.39 is 5.41 Å². The molecule has 8 heteroatoms. The molecule has 3 aromatic rings. The lowest BCUT2D eigenvalue weighted by molar-refractivity contribution is -0.118. The molecule has 4 nitrogen and oxygen atoms in total. The maximum atomic E-state index is 13.1. The van der Waals surface area contributed by atoms with Crippen molar-refractivity contribution in [3.63, 3.8) is 0 Å². The number of thiophene rings is 1. The van der Waals surface area contributed by atoms with Crippen molar-refractivity contribution in [1.29, 1.82) is 0 Å². The average molecular weight is 392 g/mol. The summed E-state index contributed by atoms with van der Waals surface area (Å²) in [6, 6.07) is 10.3. The second-order valence-electron chi connectivity index (χ2n) is 5.78. The normalized spacial score (nSPS) is 15.1. The summed E-state index contributed by atoms with van der Waals surface area (Å²) < 4.78 is 13.9. The van der Waals surface area contributed by atoms with Gasteiger partial charge in [-0.05, 0) is 42.0 Å². The van der Waals surface area contributed by atoms with E-state index in [0.717, 1.165) is 28.5 Å². The number of carbonyl (C=O) groups excluding carboxylic acids is 1. The largest absolute Gasteiger partial charge is 0.300 e. The fourth-order valence-electron chi connectivity index (χ4n) is 2.60. The highest BCUT2D eigenvalue weighted by Gasteiger charge is 2.51. The molecule has 1 fully saturated rings. The molecule has 0 aliphatic heterocycles. The highest BCUT2D eigenvalue weighted by atomic mass is 32.2. The molecule has 0 spiro atoms. The molecule has 1 amide bonds. The second kappa shape index (κ2) is 6.86. The van der Waals surface area contributed by atoms with Crippen LogP contribution in [0.4, 0.5) is 9.52 Å². The first kappa shape index (κ1) is 16.7. The topological polar surface area (TPSA) is 54.9 Å². The van der Waals surface area contributed by atoms with Gasteiger partial charge in [0.05, 0.1) is 5.41 Å². The van der Waals surface area contributed by atoms with E-state index in [0.29, 0.717) is 5.13 Å². The van der Waals surface area contributed by atoms with Gasteiger partial charge in [0.1, 0.15) is 5.82 Å². The number of carbonyl (C=O) groups is 1. The van der Waals surface area contributed by atoms with Crippen LogP contribution >= 0.6 is 34.4 Å². The summed E-state index contributed by atoms with van der Waals surface area (Å²) in [7, 11) is 0. The first-order valence-corrected chi connectivity index (χ1v) is 10.4. The van der Waals surface area contributed by atoms with E-state index >= 15 is 0 Å². The quantitative estimate of drug-likeness (QED) is 0.489. The lowest BCUT2D eigenvalue weighted by Gasteiger charge is -2.14. The fourth-order valence-corrected chi connectivity index (χ4v) is 5.12. The molecule has 2 aromatic heterocycles. The van der Waals surface area contributed by atoms with Crippen molar-refractivity contribution < 1.29 is 9.18 Å². The number of rotatable bonds is 6. The summed E-state index contributed by atoms with van der Waals surface area (Å²) in [6.07, 6.45) is 1.53. The van der Waals surface area contributed by atoms with Gasteiger partial charge in [0.2, 0.25) is 11.0 Å². The van der Waals surface area contributed by atoms with Gasteiger partial charge in [-0.3, -0.25) is 10.1 Å². The minimum atomic E-state index is -0.552. The molecule has 4 rings (SSSR count). The molecule has 0 bridgehead atoms. The monoisotopic (exact) mass is 391 g/mol.